The molecule has 10 nitrogen and oxygen atoms in total. The Hall–Kier alpha value is -2.44. The molecule has 0 radical (unpaired) electrons. The van der Waals surface area contributed by atoms with Gasteiger partial charge < -0.3 is 31.9 Å². The molecule has 0 aliphatic carbocycles. The summed E-state index contributed by atoms with van der Waals surface area (Å²) >= 11 is 5.49. The van der Waals surface area contributed by atoms with E-state index in [1.807, 2.05) is 13.2 Å². The zero-order valence-electron chi connectivity index (χ0n) is 20.2. The van der Waals surface area contributed by atoms with Gasteiger partial charge in [-0.15, -0.1) is 0 Å². The van der Waals surface area contributed by atoms with Crippen LogP contribution in [0.5, 0.6) is 5.75 Å². The predicted octanol–water partition coefficient (Wildman–Crippen LogP) is 0.530. The highest BCUT2D eigenvalue weighted by Gasteiger charge is 2.32. The molecule has 0 saturated carbocycles. The molecular weight excluding hydrogens is 492 g/mol. The van der Waals surface area contributed by atoms with Crippen molar-refractivity contribution < 1.29 is 29.4 Å². The van der Waals surface area contributed by atoms with Crippen molar-refractivity contribution in [3.63, 3.8) is 0 Å². The lowest BCUT2D eigenvalue weighted by Gasteiger charge is -2.28. The fourth-order valence-corrected chi connectivity index (χ4v) is 3.79. The Morgan fingerprint density at radius 2 is 1.63 bits per heavy atom. The van der Waals surface area contributed by atoms with Crippen LogP contribution in [0.15, 0.2) is 24.3 Å². The van der Waals surface area contributed by atoms with Crippen molar-refractivity contribution in [2.24, 2.45) is 11.7 Å². The Bertz CT molecular complexity index is 855. The Morgan fingerprint density at radius 3 is 2.14 bits per heavy atom. The summed E-state index contributed by atoms with van der Waals surface area (Å²) in [6, 6.07) is 1.96. The van der Waals surface area contributed by atoms with Crippen LogP contribution >= 0.6 is 24.4 Å². The number of carboxylic acid groups (broad SMARTS) is 1. The number of phenols is 1. The predicted molar refractivity (Wildman–Crippen MR) is 140 cm³/mol. The second kappa shape index (κ2) is 15.5. The Kier molecular flexibility index (Phi) is 13.6. The average molecular weight is 529 g/mol. The average Bonchev–Trinajstić information content (AvgIpc) is 2.84. The SMILES string of the molecule is CCC(C)C(NC(=O)C(N)CS)C(=O)NC(CCSC)C(=O)NC(Cc1ccc(O)cc1)C(=O)O. The Morgan fingerprint density at radius 1 is 1.03 bits per heavy atom. The minimum atomic E-state index is -1.24. The summed E-state index contributed by atoms with van der Waals surface area (Å²) in [4.78, 5) is 50.2. The molecule has 0 spiro atoms. The Balaban J connectivity index is 3.00. The molecule has 1 aromatic carbocycles. The molecule has 0 aliphatic rings. The van der Waals surface area contributed by atoms with E-state index in [0.29, 0.717) is 17.7 Å². The lowest BCUT2D eigenvalue weighted by Crippen LogP contribution is -2.59. The van der Waals surface area contributed by atoms with Crippen molar-refractivity contribution in [1.82, 2.24) is 16.0 Å². The number of thiol groups is 1. The van der Waals surface area contributed by atoms with E-state index >= 15 is 0 Å². The van der Waals surface area contributed by atoms with Gasteiger partial charge >= 0.3 is 5.97 Å². The number of amides is 3. The molecule has 7 N–H and O–H groups in total. The summed E-state index contributed by atoms with van der Waals surface area (Å²) in [5, 5.41) is 26.9. The van der Waals surface area contributed by atoms with Crippen molar-refractivity contribution in [2.45, 2.75) is 57.3 Å². The van der Waals surface area contributed by atoms with Gasteiger partial charge in [0.2, 0.25) is 17.7 Å². The minimum Gasteiger partial charge on any atom is -0.508 e. The summed E-state index contributed by atoms with van der Waals surface area (Å²) in [6.45, 7) is 3.67. The third-order valence-electron chi connectivity index (χ3n) is 5.56. The second-order valence-corrected chi connectivity index (χ2v) is 9.62. The van der Waals surface area contributed by atoms with Crippen molar-refractivity contribution >= 4 is 48.1 Å². The van der Waals surface area contributed by atoms with E-state index in [2.05, 4.69) is 28.6 Å². The number of benzene rings is 1. The van der Waals surface area contributed by atoms with E-state index in [9.17, 15) is 29.4 Å². The molecule has 0 aromatic heterocycles. The van der Waals surface area contributed by atoms with Gasteiger partial charge in [0.25, 0.3) is 0 Å². The fraction of sp³-hybridized carbons (Fsp3) is 0.565. The van der Waals surface area contributed by atoms with Gasteiger partial charge in [0, 0.05) is 12.2 Å². The number of thioether (sulfide) groups is 1. The van der Waals surface area contributed by atoms with E-state index in [-0.39, 0.29) is 30.3 Å². The number of carbonyl (C=O) groups excluding carboxylic acids is 3. The highest BCUT2D eigenvalue weighted by Crippen LogP contribution is 2.13. The number of carboxylic acids is 1. The van der Waals surface area contributed by atoms with Gasteiger partial charge in [-0.05, 0) is 42.0 Å². The molecule has 0 bridgehead atoms. The number of aromatic hydroxyl groups is 1. The molecule has 0 saturated heterocycles. The van der Waals surface area contributed by atoms with Crippen LogP contribution in [-0.2, 0) is 25.6 Å². The highest BCUT2D eigenvalue weighted by molar-refractivity contribution is 7.98. The maximum atomic E-state index is 13.1. The number of nitrogens with two attached hydrogens (primary N) is 1. The van der Waals surface area contributed by atoms with Crippen molar-refractivity contribution in [2.75, 3.05) is 17.8 Å². The van der Waals surface area contributed by atoms with Crippen LogP contribution in [0.1, 0.15) is 32.3 Å². The largest absolute Gasteiger partial charge is 0.508 e. The third-order valence-corrected chi connectivity index (χ3v) is 6.60. The first kappa shape index (κ1) is 30.6. The summed E-state index contributed by atoms with van der Waals surface area (Å²) < 4.78 is 0. The van der Waals surface area contributed by atoms with E-state index in [1.165, 1.54) is 23.9 Å². The second-order valence-electron chi connectivity index (χ2n) is 8.27. The zero-order valence-corrected chi connectivity index (χ0v) is 21.9. The van der Waals surface area contributed by atoms with Crippen molar-refractivity contribution in [3.8, 4) is 5.75 Å². The molecule has 0 heterocycles. The maximum Gasteiger partial charge on any atom is 0.326 e. The Labute approximate surface area is 215 Å². The maximum absolute atomic E-state index is 13.1. The van der Waals surface area contributed by atoms with Crippen LogP contribution in [0, 0.1) is 5.92 Å². The lowest BCUT2D eigenvalue weighted by molar-refractivity contribution is -0.142. The topological polar surface area (TPSA) is 171 Å². The number of carbonyl (C=O) groups is 4. The van der Waals surface area contributed by atoms with Gasteiger partial charge in [0.15, 0.2) is 0 Å². The van der Waals surface area contributed by atoms with E-state index in [0.717, 1.165) is 0 Å². The van der Waals surface area contributed by atoms with E-state index in [4.69, 9.17) is 5.73 Å². The summed E-state index contributed by atoms with van der Waals surface area (Å²) in [5.74, 6) is -2.49. The molecule has 35 heavy (non-hydrogen) atoms. The van der Waals surface area contributed by atoms with Crippen molar-refractivity contribution in [1.29, 1.82) is 0 Å². The van der Waals surface area contributed by atoms with Crippen LogP contribution in [-0.4, -0.2) is 75.8 Å². The molecular formula is C23H36N4O6S2. The van der Waals surface area contributed by atoms with Crippen LogP contribution in [0.25, 0.3) is 0 Å². The number of nitrogens with one attached hydrogen (secondary N) is 3. The fourth-order valence-electron chi connectivity index (χ4n) is 3.15. The zero-order chi connectivity index (χ0) is 26.5. The molecule has 196 valence electrons. The number of aliphatic carboxylic acids is 1. The molecule has 5 atom stereocenters. The van der Waals surface area contributed by atoms with Gasteiger partial charge in [-0.3, -0.25) is 14.4 Å². The number of rotatable bonds is 15. The summed E-state index contributed by atoms with van der Waals surface area (Å²) in [5.41, 5.74) is 6.33. The van der Waals surface area contributed by atoms with Gasteiger partial charge in [0.1, 0.15) is 23.9 Å². The van der Waals surface area contributed by atoms with Crippen LogP contribution < -0.4 is 21.7 Å². The monoisotopic (exact) mass is 528 g/mol. The standard InChI is InChI=1S/C23H36N4O6S2/c1-4-13(2)19(27-20(29)16(24)12-34)22(31)25-17(9-10-35-3)21(30)26-18(23(32)33)11-14-5-7-15(28)8-6-14/h5-8,13,16-19,28,34H,4,9-12,24H2,1-3H3,(H,25,31)(H,26,30)(H,27,29)(H,32,33). The molecule has 0 fully saturated rings. The quantitative estimate of drug-likeness (QED) is 0.162. The molecule has 1 aromatic rings. The first-order valence-corrected chi connectivity index (χ1v) is 13.3. The van der Waals surface area contributed by atoms with E-state index in [1.54, 1.807) is 19.1 Å². The minimum absolute atomic E-state index is 0.00227. The number of hydrogen-bond donors (Lipinski definition) is 7. The summed E-state index contributed by atoms with van der Waals surface area (Å²) in [7, 11) is 0. The van der Waals surface area contributed by atoms with E-state index < -0.39 is 47.9 Å². The van der Waals surface area contributed by atoms with Crippen LogP contribution in [0.2, 0.25) is 0 Å². The molecule has 1 rings (SSSR count). The molecule has 12 heteroatoms. The van der Waals surface area contributed by atoms with Gasteiger partial charge in [-0.25, -0.2) is 4.79 Å². The highest BCUT2D eigenvalue weighted by atomic mass is 32.2. The van der Waals surface area contributed by atoms with Gasteiger partial charge in [0.05, 0.1) is 6.04 Å². The first-order chi connectivity index (χ1) is 16.5. The normalized spacial score (nSPS) is 15.2. The van der Waals surface area contributed by atoms with Gasteiger partial charge in [-0.2, -0.15) is 24.4 Å². The molecule has 3 amide bonds. The first-order valence-electron chi connectivity index (χ1n) is 11.3. The van der Waals surface area contributed by atoms with Crippen LogP contribution in [0.4, 0.5) is 0 Å². The number of hydrogen-bond acceptors (Lipinski definition) is 8. The van der Waals surface area contributed by atoms with Crippen LogP contribution in [0.3, 0.4) is 0 Å². The molecule has 5 unspecified atom stereocenters. The third kappa shape index (κ3) is 10.4. The lowest BCUT2D eigenvalue weighted by atomic mass is 9.97. The number of phenolic OH excluding ortho intramolecular Hbond substituents is 1. The molecule has 0 aliphatic heterocycles. The van der Waals surface area contributed by atoms with Gasteiger partial charge in [-0.1, -0.05) is 32.4 Å². The van der Waals surface area contributed by atoms with Crippen molar-refractivity contribution in [3.05, 3.63) is 29.8 Å². The smallest absolute Gasteiger partial charge is 0.326 e. The summed E-state index contributed by atoms with van der Waals surface area (Å²) in [6.07, 6.45) is 2.70.